The summed E-state index contributed by atoms with van der Waals surface area (Å²) in [5.74, 6) is 0.309. The van der Waals surface area contributed by atoms with Crippen LogP contribution in [0.1, 0.15) is 36.7 Å². The van der Waals surface area contributed by atoms with Crippen LogP contribution in [0.3, 0.4) is 0 Å². The highest BCUT2D eigenvalue weighted by Crippen LogP contribution is 2.24. The number of hydrogen-bond donors (Lipinski definition) is 0. The topological polar surface area (TPSA) is 90.2 Å². The maximum Gasteiger partial charge on any atom is 0.279 e. The third kappa shape index (κ3) is 6.83. The van der Waals surface area contributed by atoms with Crippen LogP contribution in [0.2, 0.25) is 0 Å². The van der Waals surface area contributed by atoms with E-state index in [4.69, 9.17) is 9.47 Å². The van der Waals surface area contributed by atoms with Crippen molar-refractivity contribution in [1.29, 1.82) is 0 Å². The molecule has 4 aromatic rings. The fourth-order valence-electron chi connectivity index (χ4n) is 4.14. The van der Waals surface area contributed by atoms with Gasteiger partial charge in [-0.1, -0.05) is 48.6 Å². The molecule has 0 radical (unpaired) electrons. The number of sulfonamides is 1. The molecule has 0 atom stereocenters. The summed E-state index contributed by atoms with van der Waals surface area (Å²) in [4.78, 5) is 18.2. The molecular formula is C29H33N3O5S2. The van der Waals surface area contributed by atoms with Crippen molar-refractivity contribution >= 4 is 37.5 Å². The molecule has 0 saturated heterocycles. The van der Waals surface area contributed by atoms with E-state index in [0.29, 0.717) is 43.3 Å². The first-order valence-corrected chi connectivity index (χ1v) is 15.2. The van der Waals surface area contributed by atoms with Crippen LogP contribution in [0, 0.1) is 0 Å². The molecular weight excluding hydrogens is 534 g/mol. The Bertz CT molecular complexity index is 1580. The summed E-state index contributed by atoms with van der Waals surface area (Å²) < 4.78 is 42.1. The summed E-state index contributed by atoms with van der Waals surface area (Å²) in [5, 5.41) is 0. The Morgan fingerprint density at radius 1 is 0.974 bits per heavy atom. The maximum absolute atomic E-state index is 13.3. The minimum absolute atomic E-state index is 0.133. The Morgan fingerprint density at radius 2 is 1.72 bits per heavy atom. The minimum Gasteiger partial charge on any atom is -0.494 e. The Labute approximate surface area is 233 Å². The Balaban J connectivity index is 1.61. The first-order chi connectivity index (χ1) is 18.9. The number of amides is 1. The summed E-state index contributed by atoms with van der Waals surface area (Å²) in [5.41, 5.74) is 2.15. The van der Waals surface area contributed by atoms with Crippen molar-refractivity contribution in [1.82, 2.24) is 8.87 Å². The van der Waals surface area contributed by atoms with Gasteiger partial charge in [-0.05, 0) is 61.9 Å². The summed E-state index contributed by atoms with van der Waals surface area (Å²) in [7, 11) is -3.73. The normalized spacial score (nSPS) is 12.4. The van der Waals surface area contributed by atoms with E-state index in [0.717, 1.165) is 21.5 Å². The van der Waals surface area contributed by atoms with Crippen molar-refractivity contribution in [3.05, 3.63) is 88.7 Å². The molecule has 206 valence electrons. The smallest absolute Gasteiger partial charge is 0.279 e. The molecule has 0 aliphatic heterocycles. The molecule has 1 heterocycles. The van der Waals surface area contributed by atoms with Gasteiger partial charge in [0.15, 0.2) is 4.80 Å². The van der Waals surface area contributed by atoms with Gasteiger partial charge in [0.1, 0.15) is 5.75 Å². The number of rotatable bonds is 12. The third-order valence-corrected chi connectivity index (χ3v) is 9.10. The monoisotopic (exact) mass is 567 g/mol. The van der Waals surface area contributed by atoms with Gasteiger partial charge in [0.25, 0.3) is 5.91 Å². The van der Waals surface area contributed by atoms with Crippen molar-refractivity contribution in [2.24, 2.45) is 4.99 Å². The second-order valence-corrected chi connectivity index (χ2v) is 11.6. The van der Waals surface area contributed by atoms with E-state index in [-0.39, 0.29) is 11.4 Å². The lowest BCUT2D eigenvalue weighted by Crippen LogP contribution is -2.30. The maximum atomic E-state index is 13.3. The van der Waals surface area contributed by atoms with Crippen molar-refractivity contribution in [2.75, 3.05) is 26.4 Å². The van der Waals surface area contributed by atoms with Crippen molar-refractivity contribution < 1.29 is 22.7 Å². The molecule has 0 bridgehead atoms. The van der Waals surface area contributed by atoms with Crippen LogP contribution in [0.15, 0.2) is 82.7 Å². The Hall–Kier alpha value is -3.31. The fraction of sp³-hybridized carbons (Fsp3) is 0.310. The number of carbonyl (C=O) groups excluding carboxylic acids is 1. The molecule has 4 rings (SSSR count). The Kier molecular flexibility index (Phi) is 9.68. The molecule has 1 aromatic heterocycles. The minimum atomic E-state index is -3.73. The van der Waals surface area contributed by atoms with Crippen LogP contribution < -0.4 is 9.54 Å². The first-order valence-electron chi connectivity index (χ1n) is 12.9. The number of hydrogen-bond acceptors (Lipinski definition) is 6. The van der Waals surface area contributed by atoms with E-state index >= 15 is 0 Å². The Morgan fingerprint density at radius 3 is 2.38 bits per heavy atom. The molecule has 0 aliphatic rings. The molecule has 39 heavy (non-hydrogen) atoms. The lowest BCUT2D eigenvalue weighted by molar-refractivity contribution is 0.0996. The molecule has 1 amide bonds. The lowest BCUT2D eigenvalue weighted by Gasteiger charge is -2.20. The summed E-state index contributed by atoms with van der Waals surface area (Å²) in [6, 6.07) is 21.2. The van der Waals surface area contributed by atoms with Gasteiger partial charge in [-0.25, -0.2) is 8.42 Å². The van der Waals surface area contributed by atoms with Crippen molar-refractivity contribution in [2.45, 2.75) is 38.8 Å². The number of nitrogens with zero attached hydrogens (tertiary/aromatic N) is 3. The number of fused-ring (bicyclic) bond motifs is 1. The summed E-state index contributed by atoms with van der Waals surface area (Å²) >= 11 is 1.40. The predicted octanol–water partition coefficient (Wildman–Crippen LogP) is 5.09. The van der Waals surface area contributed by atoms with E-state index in [2.05, 4.69) is 4.99 Å². The quantitative estimate of drug-likeness (QED) is 0.223. The standard InChI is InChI=1S/C29H33N3O5S2/c1-4-31(21-22-10-8-7-9-11-22)39(34,35)25-15-12-23(13-16-25)28(33)30-29-32(18-19-36-5-2)26-17-14-24(37-6-3)20-27(26)38-29/h7-17,20H,4-6,18-19,21H2,1-3H3. The highest BCUT2D eigenvalue weighted by Gasteiger charge is 2.23. The van der Waals surface area contributed by atoms with Crippen molar-refractivity contribution in [3.63, 3.8) is 0 Å². The van der Waals surface area contributed by atoms with E-state index < -0.39 is 15.9 Å². The molecule has 10 heteroatoms. The number of carbonyl (C=O) groups is 1. The van der Waals surface area contributed by atoms with Crippen LogP contribution in [0.5, 0.6) is 5.75 Å². The largest absolute Gasteiger partial charge is 0.494 e. The SMILES string of the molecule is CCOCCn1c(=NC(=O)c2ccc(S(=O)(=O)N(CC)Cc3ccccc3)cc2)sc2cc(OCC)ccc21. The highest BCUT2D eigenvalue weighted by atomic mass is 32.2. The fourth-order valence-corrected chi connectivity index (χ4v) is 6.66. The number of ether oxygens (including phenoxy) is 2. The van der Waals surface area contributed by atoms with Crippen LogP contribution in [0.4, 0.5) is 0 Å². The van der Waals surface area contributed by atoms with E-state index in [1.807, 2.05) is 66.9 Å². The average Bonchev–Trinajstić information content (AvgIpc) is 3.28. The summed E-state index contributed by atoms with van der Waals surface area (Å²) in [6.45, 7) is 8.45. The van der Waals surface area contributed by atoms with Crippen LogP contribution in [-0.4, -0.2) is 49.6 Å². The summed E-state index contributed by atoms with van der Waals surface area (Å²) in [6.07, 6.45) is 0. The van der Waals surface area contributed by atoms with Gasteiger partial charge in [0.2, 0.25) is 10.0 Å². The number of thiazole rings is 1. The predicted molar refractivity (Wildman–Crippen MR) is 154 cm³/mol. The zero-order valence-electron chi connectivity index (χ0n) is 22.4. The first kappa shape index (κ1) is 28.7. The molecule has 3 aromatic carbocycles. The van der Waals surface area contributed by atoms with E-state index in [9.17, 15) is 13.2 Å². The van der Waals surface area contributed by atoms with Gasteiger partial charge in [-0.3, -0.25) is 4.79 Å². The molecule has 0 aliphatic carbocycles. The van der Waals surface area contributed by atoms with Gasteiger partial charge >= 0.3 is 0 Å². The highest BCUT2D eigenvalue weighted by molar-refractivity contribution is 7.89. The molecule has 0 spiro atoms. The molecule has 8 nitrogen and oxygen atoms in total. The van der Waals surface area contributed by atoms with E-state index in [1.165, 1.54) is 39.9 Å². The van der Waals surface area contributed by atoms with Crippen molar-refractivity contribution in [3.8, 4) is 5.75 Å². The van der Waals surface area contributed by atoms with Crippen LogP contribution in [-0.2, 0) is 27.8 Å². The zero-order valence-corrected chi connectivity index (χ0v) is 24.0. The van der Waals surface area contributed by atoms with Gasteiger partial charge in [0.05, 0.1) is 28.3 Å². The second kappa shape index (κ2) is 13.2. The molecule has 0 N–H and O–H groups in total. The van der Waals surface area contributed by atoms with Crippen LogP contribution in [0.25, 0.3) is 10.2 Å². The second-order valence-electron chi connectivity index (χ2n) is 8.65. The van der Waals surface area contributed by atoms with Gasteiger partial charge < -0.3 is 14.0 Å². The van der Waals surface area contributed by atoms with Gasteiger partial charge in [-0.2, -0.15) is 9.30 Å². The van der Waals surface area contributed by atoms with E-state index in [1.54, 1.807) is 6.92 Å². The zero-order chi connectivity index (χ0) is 27.8. The third-order valence-electron chi connectivity index (χ3n) is 6.12. The number of aromatic nitrogens is 1. The molecule has 0 unspecified atom stereocenters. The molecule has 0 fully saturated rings. The van der Waals surface area contributed by atoms with Gasteiger partial charge in [-0.15, -0.1) is 0 Å². The number of benzene rings is 3. The molecule has 0 saturated carbocycles. The van der Waals surface area contributed by atoms with Gasteiger partial charge in [0, 0.05) is 31.8 Å². The van der Waals surface area contributed by atoms with Crippen LogP contribution >= 0.6 is 11.3 Å². The lowest BCUT2D eigenvalue weighted by atomic mass is 10.2. The average molecular weight is 568 g/mol.